The Labute approximate surface area is 130 Å². The maximum Gasteiger partial charge on any atom is 0.0398 e. The van der Waals surface area contributed by atoms with E-state index in [1.165, 1.54) is 21.6 Å². The van der Waals surface area contributed by atoms with Gasteiger partial charge in [-0.15, -0.1) is 0 Å². The molecule has 0 nitrogen and oxygen atoms in total. The number of rotatable bonds is 3. The second-order valence-corrected chi connectivity index (χ2v) is 7.66. The van der Waals surface area contributed by atoms with E-state index in [1.54, 1.807) is 0 Å². The summed E-state index contributed by atoms with van der Waals surface area (Å²) in [6, 6.07) is 23.2. The van der Waals surface area contributed by atoms with Crippen molar-refractivity contribution < 1.29 is 0 Å². The molecule has 97 valence electrons. The summed E-state index contributed by atoms with van der Waals surface area (Å²) in [5.74, 6) is 0. The fourth-order valence-corrected chi connectivity index (χ4v) is 4.64. The van der Waals surface area contributed by atoms with Crippen molar-refractivity contribution in [3.05, 3.63) is 76.8 Å². The summed E-state index contributed by atoms with van der Waals surface area (Å²) in [5, 5.41) is 3.83. The van der Waals surface area contributed by atoms with Crippen molar-refractivity contribution >= 4 is 47.4 Å². The third-order valence-corrected chi connectivity index (χ3v) is 5.96. The van der Waals surface area contributed by atoms with E-state index in [9.17, 15) is 0 Å². The van der Waals surface area contributed by atoms with E-state index in [1.807, 2.05) is 6.07 Å². The molecule has 0 N–H and O–H groups in total. The molecule has 3 rings (SSSR count). The Morgan fingerprint density at radius 1 is 0.850 bits per heavy atom. The van der Waals surface area contributed by atoms with Crippen molar-refractivity contribution in [2.45, 2.75) is 6.16 Å². The molecule has 3 aromatic rings. The lowest BCUT2D eigenvalue weighted by Gasteiger charge is -2.18. The Kier molecular flexibility index (Phi) is 4.24. The van der Waals surface area contributed by atoms with Gasteiger partial charge in [0.25, 0.3) is 0 Å². The van der Waals surface area contributed by atoms with Crippen LogP contribution in [0.3, 0.4) is 0 Å². The van der Waals surface area contributed by atoms with Gasteiger partial charge in [-0.05, 0) is 29.1 Å². The van der Waals surface area contributed by atoms with Crippen molar-refractivity contribution in [3.8, 4) is 0 Å². The molecule has 0 amide bonds. The smallest absolute Gasteiger partial charge is 0.0398 e. The first-order valence-electron chi connectivity index (χ1n) is 6.58. The summed E-state index contributed by atoms with van der Waals surface area (Å²) in [7, 11) is 5.41. The lowest BCUT2D eigenvalue weighted by Crippen LogP contribution is -2.01. The van der Waals surface area contributed by atoms with Crippen LogP contribution in [-0.2, 0) is 6.16 Å². The van der Waals surface area contributed by atoms with Gasteiger partial charge < -0.3 is 7.57 Å². The minimum absolute atomic E-state index is 0.939. The van der Waals surface area contributed by atoms with E-state index >= 15 is 0 Å². The first-order chi connectivity index (χ1) is 9.75. The van der Waals surface area contributed by atoms with Crippen molar-refractivity contribution in [1.29, 1.82) is 0 Å². The Balaban J connectivity index is 1.99. The molecule has 3 aromatic carbocycles. The highest BCUT2D eigenvalue weighted by molar-refractivity contribution is 9.10. The molecule has 0 spiro atoms. The third-order valence-electron chi connectivity index (χ3n) is 3.47. The Morgan fingerprint density at radius 3 is 2.30 bits per heavy atom. The number of halogens is 1. The maximum atomic E-state index is 6.45. The van der Waals surface area contributed by atoms with E-state index in [0.717, 1.165) is 10.6 Å². The minimum atomic E-state index is -1.05. The zero-order valence-electron chi connectivity index (χ0n) is 11.0. The highest BCUT2D eigenvalue weighted by Gasteiger charge is 2.08. The quantitative estimate of drug-likeness (QED) is 0.478. The van der Waals surface area contributed by atoms with E-state index in [-0.39, 0.29) is 0 Å². The van der Waals surface area contributed by atoms with Crippen LogP contribution in [0.4, 0.5) is 0 Å². The molecule has 0 aliphatic rings. The zero-order chi connectivity index (χ0) is 13.9. The Morgan fingerprint density at radius 2 is 1.55 bits per heavy atom. The van der Waals surface area contributed by atoms with Gasteiger partial charge in [0.2, 0.25) is 0 Å². The lowest BCUT2D eigenvalue weighted by molar-refractivity contribution is 1.45. The van der Waals surface area contributed by atoms with Gasteiger partial charge in [-0.1, -0.05) is 64.5 Å². The molecule has 0 bridgehead atoms. The normalized spacial score (nSPS) is 12.5. The second kappa shape index (κ2) is 6.12. The van der Waals surface area contributed by atoms with Crippen LogP contribution in [0.25, 0.3) is 10.8 Å². The summed E-state index contributed by atoms with van der Waals surface area (Å²) < 4.78 is 1.15. The molecule has 0 saturated carbocycles. The van der Waals surface area contributed by atoms with Gasteiger partial charge in [0, 0.05) is 21.3 Å². The van der Waals surface area contributed by atoms with Crippen LogP contribution in [0.1, 0.15) is 5.56 Å². The molecule has 0 aromatic heterocycles. The highest BCUT2D eigenvalue weighted by Crippen LogP contribution is 2.37. The first-order valence-corrected chi connectivity index (χ1v) is 9.16. The average Bonchev–Trinajstić information content (AvgIpc) is 2.48. The summed E-state index contributed by atoms with van der Waals surface area (Å²) in [6.07, 6.45) is 0.939. The van der Waals surface area contributed by atoms with Gasteiger partial charge in [-0.25, -0.2) is 7.80 Å². The molecule has 1 unspecified atom stereocenters. The molecule has 20 heavy (non-hydrogen) atoms. The fraction of sp³-hybridized carbons (Fsp3) is 0.0588. The molecule has 0 saturated heterocycles. The molecule has 0 heterocycles. The molecular weight excluding hydrogens is 326 g/mol. The Bertz CT molecular complexity index is 722. The highest BCUT2D eigenvalue weighted by atomic mass is 79.9. The van der Waals surface area contributed by atoms with Crippen LogP contribution < -0.4 is 5.30 Å². The number of hydrogen-bond donors (Lipinski definition) is 0. The average molecular weight is 340 g/mol. The number of fused-ring (bicyclic) bond motifs is 1. The maximum absolute atomic E-state index is 6.45. The zero-order valence-corrected chi connectivity index (χ0v) is 13.6. The van der Waals surface area contributed by atoms with E-state index < -0.39 is 7.80 Å². The lowest BCUT2D eigenvalue weighted by atomic mass is 10.1. The van der Waals surface area contributed by atoms with Crippen LogP contribution in [0, 0.1) is 0 Å². The summed E-state index contributed by atoms with van der Waals surface area (Å²) in [5.41, 5.74) is 1.33. The van der Waals surface area contributed by atoms with Gasteiger partial charge in [0.1, 0.15) is 0 Å². The molecule has 0 aliphatic carbocycles. The van der Waals surface area contributed by atoms with Gasteiger partial charge in [-0.3, -0.25) is 0 Å². The summed E-state index contributed by atoms with van der Waals surface area (Å²) in [4.78, 5) is 0. The third kappa shape index (κ3) is 2.82. The fourth-order valence-electron chi connectivity index (χ4n) is 2.48. The molecule has 0 fully saturated rings. The van der Waals surface area contributed by atoms with Gasteiger partial charge in [0.15, 0.2) is 0 Å². The van der Waals surface area contributed by atoms with Crippen LogP contribution in [0.15, 0.2) is 71.2 Å². The monoisotopic (exact) mass is 339 g/mol. The molecule has 0 aliphatic heterocycles. The Hall–Kier alpha value is -1.11. The van der Waals surface area contributed by atoms with Gasteiger partial charge >= 0.3 is 0 Å². The molecule has 3 radical (unpaired) electrons. The second-order valence-electron chi connectivity index (χ2n) is 4.82. The van der Waals surface area contributed by atoms with Crippen LogP contribution >= 0.6 is 23.7 Å². The predicted octanol–water partition coefficient (Wildman–Crippen LogP) is 4.73. The summed E-state index contributed by atoms with van der Waals surface area (Å²) in [6.45, 7) is 0. The number of hydrogen-bond acceptors (Lipinski definition) is 0. The van der Waals surface area contributed by atoms with Crippen molar-refractivity contribution in [1.82, 2.24) is 0 Å². The molecule has 3 heteroatoms. The predicted molar refractivity (Wildman–Crippen MR) is 95.5 cm³/mol. The van der Waals surface area contributed by atoms with Crippen LogP contribution in [0.5, 0.6) is 0 Å². The van der Waals surface area contributed by atoms with Crippen molar-refractivity contribution in [2.75, 3.05) is 0 Å². The number of benzene rings is 3. The van der Waals surface area contributed by atoms with Crippen molar-refractivity contribution in [3.63, 3.8) is 0 Å². The molecule has 1 atom stereocenters. The summed E-state index contributed by atoms with van der Waals surface area (Å²) >= 11 is 3.66. The SMILES string of the molecule is [B-][PH+](Cc1cccc2cccc(Br)c12)c1ccccc1. The minimum Gasteiger partial charge on any atom is -0.302 e. The van der Waals surface area contributed by atoms with Crippen molar-refractivity contribution in [2.24, 2.45) is 0 Å². The van der Waals surface area contributed by atoms with E-state index in [2.05, 4.69) is 76.6 Å². The topological polar surface area (TPSA) is 0 Å². The molecular formula is C17H14BBrP. The van der Waals surface area contributed by atoms with Gasteiger partial charge in [0.05, 0.1) is 0 Å². The first kappa shape index (κ1) is 13.9. The van der Waals surface area contributed by atoms with E-state index in [0.29, 0.717) is 0 Å². The van der Waals surface area contributed by atoms with E-state index in [4.69, 9.17) is 7.57 Å². The van der Waals surface area contributed by atoms with Crippen LogP contribution in [-0.4, -0.2) is 7.57 Å². The largest absolute Gasteiger partial charge is 0.302 e. The standard InChI is InChI=1S/C17H14BBrP/c18-20(15-9-2-1-3-10-15)12-14-8-4-6-13-7-5-11-16(19)17(13)14/h1-11,20H,12H2. The van der Waals surface area contributed by atoms with Gasteiger partial charge in [-0.2, -0.15) is 0 Å². The van der Waals surface area contributed by atoms with Crippen LogP contribution in [0.2, 0.25) is 0 Å².